The molecule has 0 aliphatic heterocycles. The maximum atomic E-state index is 10.7. The van der Waals surface area contributed by atoms with Crippen molar-refractivity contribution in [1.82, 2.24) is 4.68 Å². The van der Waals surface area contributed by atoms with E-state index in [-0.39, 0.29) is 5.69 Å². The SMILES string of the molecule is C=CCN=c1scc(-c2cccs2)n1N=Cc1ccc([N+](=O)[O-])cc1. The van der Waals surface area contributed by atoms with E-state index in [4.69, 9.17) is 0 Å². The summed E-state index contributed by atoms with van der Waals surface area (Å²) >= 11 is 3.14. The number of nitrogens with zero attached hydrogens (tertiary/aromatic N) is 4. The summed E-state index contributed by atoms with van der Waals surface area (Å²) in [6.45, 7) is 4.20. The Labute approximate surface area is 151 Å². The van der Waals surface area contributed by atoms with Gasteiger partial charge in [-0.2, -0.15) is 5.10 Å². The van der Waals surface area contributed by atoms with Gasteiger partial charge in [0, 0.05) is 17.5 Å². The van der Waals surface area contributed by atoms with Crippen molar-refractivity contribution in [2.45, 2.75) is 0 Å². The number of thiazole rings is 1. The van der Waals surface area contributed by atoms with Gasteiger partial charge < -0.3 is 0 Å². The van der Waals surface area contributed by atoms with E-state index in [9.17, 15) is 10.1 Å². The molecular formula is C17H14N4O2S2. The molecule has 0 saturated heterocycles. The molecule has 1 aromatic carbocycles. The number of aromatic nitrogens is 1. The Morgan fingerprint density at radius 1 is 1.24 bits per heavy atom. The molecule has 2 heterocycles. The van der Waals surface area contributed by atoms with Crippen LogP contribution in [0.2, 0.25) is 0 Å². The second-order valence-electron chi connectivity index (χ2n) is 4.92. The van der Waals surface area contributed by atoms with Crippen molar-refractivity contribution in [2.75, 3.05) is 6.54 Å². The van der Waals surface area contributed by atoms with E-state index >= 15 is 0 Å². The van der Waals surface area contributed by atoms with Gasteiger partial charge >= 0.3 is 0 Å². The second kappa shape index (κ2) is 7.82. The lowest BCUT2D eigenvalue weighted by Crippen LogP contribution is -2.12. The molecular weight excluding hydrogens is 356 g/mol. The average molecular weight is 370 g/mol. The molecule has 3 aromatic rings. The molecule has 8 heteroatoms. The average Bonchev–Trinajstić information content (AvgIpc) is 3.27. The van der Waals surface area contributed by atoms with Crippen LogP contribution in [-0.4, -0.2) is 22.4 Å². The molecule has 0 saturated carbocycles. The Hall–Kier alpha value is -2.84. The van der Waals surface area contributed by atoms with E-state index in [1.54, 1.807) is 40.4 Å². The van der Waals surface area contributed by atoms with E-state index in [0.29, 0.717) is 6.54 Å². The Balaban J connectivity index is 1.98. The van der Waals surface area contributed by atoms with Gasteiger partial charge in [0.1, 0.15) is 0 Å². The zero-order valence-electron chi connectivity index (χ0n) is 13.1. The molecule has 0 N–H and O–H groups in total. The van der Waals surface area contributed by atoms with Gasteiger partial charge in [0.25, 0.3) is 5.69 Å². The molecule has 0 amide bonds. The van der Waals surface area contributed by atoms with Crippen LogP contribution in [0, 0.1) is 10.1 Å². The van der Waals surface area contributed by atoms with Crippen molar-refractivity contribution in [3.05, 3.63) is 80.3 Å². The van der Waals surface area contributed by atoms with Crippen LogP contribution in [-0.2, 0) is 0 Å². The van der Waals surface area contributed by atoms with Gasteiger partial charge in [0.2, 0.25) is 4.80 Å². The first-order valence-electron chi connectivity index (χ1n) is 7.33. The third kappa shape index (κ3) is 3.98. The highest BCUT2D eigenvalue weighted by molar-refractivity contribution is 7.14. The summed E-state index contributed by atoms with van der Waals surface area (Å²) in [7, 11) is 0. The fourth-order valence-corrected chi connectivity index (χ4v) is 3.70. The number of benzene rings is 1. The van der Waals surface area contributed by atoms with E-state index in [1.165, 1.54) is 23.5 Å². The summed E-state index contributed by atoms with van der Waals surface area (Å²) in [5.74, 6) is 0. The standard InChI is InChI=1S/C17H14N4O2S2/c1-2-9-18-17-20(15(12-25-17)16-4-3-10-24-16)19-11-13-5-7-14(8-6-13)21(22)23/h2-8,10-12H,1,9H2. The summed E-state index contributed by atoms with van der Waals surface area (Å²) in [6.07, 6.45) is 3.40. The predicted molar refractivity (Wildman–Crippen MR) is 102 cm³/mol. The normalized spacial score (nSPS) is 11.9. The first kappa shape index (κ1) is 17.0. The predicted octanol–water partition coefficient (Wildman–Crippen LogP) is 4.16. The second-order valence-corrected chi connectivity index (χ2v) is 6.70. The number of rotatable bonds is 6. The molecule has 25 heavy (non-hydrogen) atoms. The van der Waals surface area contributed by atoms with Gasteiger partial charge in [-0.25, -0.2) is 4.68 Å². The third-order valence-electron chi connectivity index (χ3n) is 3.24. The minimum Gasteiger partial charge on any atom is -0.258 e. The smallest absolute Gasteiger partial charge is 0.258 e. The van der Waals surface area contributed by atoms with Crippen molar-refractivity contribution in [3.8, 4) is 10.6 Å². The lowest BCUT2D eigenvalue weighted by Gasteiger charge is -2.01. The van der Waals surface area contributed by atoms with E-state index in [2.05, 4.69) is 16.7 Å². The van der Waals surface area contributed by atoms with Crippen molar-refractivity contribution in [2.24, 2.45) is 10.1 Å². The maximum Gasteiger partial charge on any atom is 0.269 e. The van der Waals surface area contributed by atoms with Crippen LogP contribution < -0.4 is 4.80 Å². The van der Waals surface area contributed by atoms with Gasteiger partial charge in [-0.05, 0) is 29.1 Å². The number of non-ortho nitro benzene ring substituents is 1. The molecule has 2 aromatic heterocycles. The van der Waals surface area contributed by atoms with Crippen LogP contribution in [0.4, 0.5) is 5.69 Å². The zero-order chi connectivity index (χ0) is 17.6. The van der Waals surface area contributed by atoms with Gasteiger partial charge in [-0.1, -0.05) is 12.1 Å². The van der Waals surface area contributed by atoms with E-state index < -0.39 is 4.92 Å². The quantitative estimate of drug-likeness (QED) is 0.283. The molecule has 0 unspecified atom stereocenters. The molecule has 0 bridgehead atoms. The first-order chi connectivity index (χ1) is 12.2. The van der Waals surface area contributed by atoms with E-state index in [0.717, 1.165) is 20.9 Å². The van der Waals surface area contributed by atoms with Crippen molar-refractivity contribution in [1.29, 1.82) is 0 Å². The van der Waals surface area contributed by atoms with Gasteiger partial charge in [-0.3, -0.25) is 15.1 Å². The molecule has 0 radical (unpaired) electrons. The van der Waals surface area contributed by atoms with Crippen molar-refractivity contribution >= 4 is 34.6 Å². The summed E-state index contributed by atoms with van der Waals surface area (Å²) in [5.41, 5.74) is 1.79. The van der Waals surface area contributed by atoms with Crippen LogP contribution in [0.1, 0.15) is 5.56 Å². The van der Waals surface area contributed by atoms with Crippen LogP contribution in [0.3, 0.4) is 0 Å². The fraction of sp³-hybridized carbons (Fsp3) is 0.0588. The highest BCUT2D eigenvalue weighted by atomic mass is 32.1. The maximum absolute atomic E-state index is 10.7. The summed E-state index contributed by atoms with van der Waals surface area (Å²) in [4.78, 5) is 16.6. The largest absolute Gasteiger partial charge is 0.269 e. The van der Waals surface area contributed by atoms with Crippen LogP contribution in [0.15, 0.2) is 69.9 Å². The van der Waals surface area contributed by atoms with Gasteiger partial charge in [-0.15, -0.1) is 29.3 Å². The molecule has 0 aliphatic rings. The topological polar surface area (TPSA) is 72.8 Å². The van der Waals surface area contributed by atoms with Crippen LogP contribution >= 0.6 is 22.7 Å². The lowest BCUT2D eigenvalue weighted by atomic mass is 10.2. The lowest BCUT2D eigenvalue weighted by molar-refractivity contribution is -0.384. The first-order valence-corrected chi connectivity index (χ1v) is 9.09. The van der Waals surface area contributed by atoms with E-state index in [1.807, 2.05) is 22.9 Å². The molecule has 0 fully saturated rings. The monoisotopic (exact) mass is 370 g/mol. The molecule has 0 spiro atoms. The molecule has 6 nitrogen and oxygen atoms in total. The van der Waals surface area contributed by atoms with Crippen molar-refractivity contribution in [3.63, 3.8) is 0 Å². The Bertz CT molecular complexity index is 967. The number of thiophene rings is 1. The molecule has 0 atom stereocenters. The Morgan fingerprint density at radius 3 is 2.68 bits per heavy atom. The summed E-state index contributed by atoms with van der Waals surface area (Å²) in [6, 6.07) is 10.3. The number of nitro benzene ring substituents is 1. The van der Waals surface area contributed by atoms with Crippen LogP contribution in [0.5, 0.6) is 0 Å². The minimum absolute atomic E-state index is 0.0567. The minimum atomic E-state index is -0.421. The number of hydrogen-bond donors (Lipinski definition) is 0. The highest BCUT2D eigenvalue weighted by Gasteiger charge is 2.08. The fourth-order valence-electron chi connectivity index (χ4n) is 2.06. The molecule has 126 valence electrons. The number of nitro groups is 1. The Kier molecular flexibility index (Phi) is 5.32. The van der Waals surface area contributed by atoms with Gasteiger partial charge in [0.05, 0.1) is 28.3 Å². The number of hydrogen-bond acceptors (Lipinski definition) is 6. The van der Waals surface area contributed by atoms with Gasteiger partial charge in [0.15, 0.2) is 0 Å². The third-order valence-corrected chi connectivity index (χ3v) is 4.99. The van der Waals surface area contributed by atoms with Crippen molar-refractivity contribution < 1.29 is 4.92 Å². The zero-order valence-corrected chi connectivity index (χ0v) is 14.7. The Morgan fingerprint density at radius 2 is 2.04 bits per heavy atom. The molecule has 0 aliphatic carbocycles. The van der Waals surface area contributed by atoms with Crippen LogP contribution in [0.25, 0.3) is 10.6 Å². The summed E-state index contributed by atoms with van der Waals surface area (Å²) in [5, 5.41) is 19.3. The highest BCUT2D eigenvalue weighted by Crippen LogP contribution is 2.25. The summed E-state index contributed by atoms with van der Waals surface area (Å²) < 4.78 is 1.78. The molecule has 3 rings (SSSR count).